The van der Waals surface area contributed by atoms with Crippen LogP contribution >= 0.6 is 11.8 Å². The van der Waals surface area contributed by atoms with E-state index in [0.29, 0.717) is 22.2 Å². The number of halogens is 2. The molecule has 0 bridgehead atoms. The zero-order valence-corrected chi connectivity index (χ0v) is 12.6. The summed E-state index contributed by atoms with van der Waals surface area (Å²) in [6.45, 7) is 0. The van der Waals surface area contributed by atoms with Crippen LogP contribution in [0.15, 0.2) is 58.5 Å². The van der Waals surface area contributed by atoms with Gasteiger partial charge in [-0.3, -0.25) is 4.57 Å². The molecule has 1 aliphatic heterocycles. The maximum atomic E-state index is 13.5. The SMILES string of the molecule is O=c1n(-c2ccccc2)nc2n1C(c1cc(F)cc(F)c1)CS2. The van der Waals surface area contributed by atoms with Gasteiger partial charge in [0, 0.05) is 11.8 Å². The fraction of sp³-hybridized carbons (Fsp3) is 0.125. The van der Waals surface area contributed by atoms with Gasteiger partial charge in [-0.1, -0.05) is 30.0 Å². The molecular weight excluding hydrogens is 320 g/mol. The molecule has 4 nitrogen and oxygen atoms in total. The first-order chi connectivity index (χ1) is 11.1. The molecule has 1 unspecified atom stereocenters. The summed E-state index contributed by atoms with van der Waals surface area (Å²) >= 11 is 1.40. The van der Waals surface area contributed by atoms with Crippen molar-refractivity contribution < 1.29 is 8.78 Å². The third-order valence-corrected chi connectivity index (χ3v) is 4.75. The number of para-hydroxylation sites is 1. The second-order valence-electron chi connectivity index (χ2n) is 5.21. The molecule has 3 aromatic rings. The van der Waals surface area contributed by atoms with Crippen molar-refractivity contribution in [3.8, 4) is 5.69 Å². The quantitative estimate of drug-likeness (QED) is 0.725. The Labute approximate surface area is 134 Å². The van der Waals surface area contributed by atoms with Crippen LogP contribution in [0.2, 0.25) is 0 Å². The van der Waals surface area contributed by atoms with Gasteiger partial charge in [-0.15, -0.1) is 5.10 Å². The van der Waals surface area contributed by atoms with E-state index in [9.17, 15) is 13.6 Å². The van der Waals surface area contributed by atoms with Crippen LogP contribution < -0.4 is 5.69 Å². The van der Waals surface area contributed by atoms with Gasteiger partial charge in [0.05, 0.1) is 11.7 Å². The van der Waals surface area contributed by atoms with Crippen molar-refractivity contribution in [2.45, 2.75) is 11.2 Å². The monoisotopic (exact) mass is 331 g/mol. The lowest BCUT2D eigenvalue weighted by atomic mass is 10.1. The Morgan fingerprint density at radius 2 is 1.78 bits per heavy atom. The minimum Gasteiger partial charge on any atom is -0.261 e. The minimum atomic E-state index is -0.651. The van der Waals surface area contributed by atoms with E-state index in [-0.39, 0.29) is 5.69 Å². The number of nitrogens with zero attached hydrogens (tertiary/aromatic N) is 3. The molecule has 116 valence electrons. The van der Waals surface area contributed by atoms with Crippen molar-refractivity contribution in [1.82, 2.24) is 14.3 Å². The lowest BCUT2D eigenvalue weighted by Gasteiger charge is -2.11. The van der Waals surface area contributed by atoms with Crippen LogP contribution in [0.1, 0.15) is 11.6 Å². The molecule has 0 N–H and O–H groups in total. The van der Waals surface area contributed by atoms with E-state index in [1.807, 2.05) is 18.2 Å². The lowest BCUT2D eigenvalue weighted by Crippen LogP contribution is -2.27. The van der Waals surface area contributed by atoms with Gasteiger partial charge in [0.2, 0.25) is 0 Å². The molecule has 0 saturated carbocycles. The van der Waals surface area contributed by atoms with E-state index >= 15 is 0 Å². The molecule has 0 fully saturated rings. The smallest absolute Gasteiger partial charge is 0.261 e. The molecule has 2 aromatic carbocycles. The van der Waals surface area contributed by atoms with Crippen molar-refractivity contribution in [2.75, 3.05) is 5.75 Å². The Hall–Kier alpha value is -2.41. The predicted molar refractivity (Wildman–Crippen MR) is 83.0 cm³/mol. The van der Waals surface area contributed by atoms with Crippen molar-refractivity contribution in [2.24, 2.45) is 0 Å². The summed E-state index contributed by atoms with van der Waals surface area (Å²) in [7, 11) is 0. The zero-order chi connectivity index (χ0) is 16.0. The molecule has 0 saturated heterocycles. The van der Waals surface area contributed by atoms with Crippen molar-refractivity contribution in [3.63, 3.8) is 0 Å². The Morgan fingerprint density at radius 1 is 1.09 bits per heavy atom. The van der Waals surface area contributed by atoms with Crippen molar-refractivity contribution in [1.29, 1.82) is 0 Å². The third kappa shape index (κ3) is 2.37. The highest BCUT2D eigenvalue weighted by molar-refractivity contribution is 7.99. The van der Waals surface area contributed by atoms with Crippen LogP contribution in [0.4, 0.5) is 8.78 Å². The van der Waals surface area contributed by atoms with Crippen molar-refractivity contribution in [3.05, 3.63) is 76.2 Å². The second-order valence-corrected chi connectivity index (χ2v) is 6.20. The number of aromatic nitrogens is 3. The third-order valence-electron chi connectivity index (χ3n) is 3.73. The average molecular weight is 331 g/mol. The summed E-state index contributed by atoms with van der Waals surface area (Å²) in [5, 5.41) is 4.87. The normalized spacial score (nSPS) is 16.5. The second kappa shape index (κ2) is 5.34. The maximum Gasteiger partial charge on any atom is 0.352 e. The van der Waals surface area contributed by atoms with Crippen LogP contribution in [0.3, 0.4) is 0 Å². The molecule has 2 heterocycles. The van der Waals surface area contributed by atoms with E-state index < -0.39 is 17.7 Å². The van der Waals surface area contributed by atoms with Gasteiger partial charge in [-0.05, 0) is 29.8 Å². The first-order valence-electron chi connectivity index (χ1n) is 6.99. The lowest BCUT2D eigenvalue weighted by molar-refractivity contribution is 0.555. The van der Waals surface area contributed by atoms with Crippen LogP contribution in [0.5, 0.6) is 0 Å². The van der Waals surface area contributed by atoms with Gasteiger partial charge in [-0.25, -0.2) is 13.6 Å². The molecule has 1 atom stereocenters. The van der Waals surface area contributed by atoms with E-state index in [0.717, 1.165) is 6.07 Å². The number of thioether (sulfide) groups is 1. The summed E-state index contributed by atoms with van der Waals surface area (Å²) in [6.07, 6.45) is 0. The van der Waals surface area contributed by atoms with E-state index in [1.165, 1.54) is 33.1 Å². The number of hydrogen-bond donors (Lipinski definition) is 0. The molecule has 0 aliphatic carbocycles. The highest BCUT2D eigenvalue weighted by atomic mass is 32.2. The van der Waals surface area contributed by atoms with E-state index in [2.05, 4.69) is 5.10 Å². The Kier molecular flexibility index (Phi) is 3.30. The van der Waals surface area contributed by atoms with E-state index in [1.54, 1.807) is 12.1 Å². The van der Waals surface area contributed by atoms with Gasteiger partial charge in [0.15, 0.2) is 5.16 Å². The number of rotatable bonds is 2. The molecule has 1 aliphatic rings. The molecule has 7 heteroatoms. The summed E-state index contributed by atoms with van der Waals surface area (Å²) in [4.78, 5) is 12.7. The average Bonchev–Trinajstić information content (AvgIpc) is 3.08. The Bertz CT molecular complexity index is 916. The molecule has 1 aromatic heterocycles. The maximum absolute atomic E-state index is 13.5. The summed E-state index contributed by atoms with van der Waals surface area (Å²) in [5.74, 6) is -0.778. The zero-order valence-electron chi connectivity index (χ0n) is 11.8. The van der Waals surface area contributed by atoms with E-state index in [4.69, 9.17) is 0 Å². The number of fused-ring (bicyclic) bond motifs is 1. The highest BCUT2D eigenvalue weighted by Crippen LogP contribution is 2.35. The minimum absolute atomic E-state index is 0.314. The first-order valence-corrected chi connectivity index (χ1v) is 7.98. The van der Waals surface area contributed by atoms with Crippen LogP contribution in [0.25, 0.3) is 5.69 Å². The molecular formula is C16H11F2N3OS. The molecule has 0 radical (unpaired) electrons. The molecule has 0 amide bonds. The van der Waals surface area contributed by atoms with Gasteiger partial charge >= 0.3 is 5.69 Å². The standard InChI is InChI=1S/C16H11F2N3OS/c17-11-6-10(7-12(18)8-11)14-9-23-15-19-21(16(22)20(14)15)13-4-2-1-3-5-13/h1-8,14H,9H2. The van der Waals surface area contributed by atoms with Gasteiger partial charge in [-0.2, -0.15) is 4.68 Å². The van der Waals surface area contributed by atoms with Crippen LogP contribution in [0, 0.1) is 11.6 Å². The van der Waals surface area contributed by atoms with Gasteiger partial charge < -0.3 is 0 Å². The number of benzene rings is 2. The Balaban J connectivity index is 1.83. The molecule has 4 rings (SSSR count). The Morgan fingerprint density at radius 3 is 2.48 bits per heavy atom. The number of hydrogen-bond acceptors (Lipinski definition) is 3. The fourth-order valence-electron chi connectivity index (χ4n) is 2.70. The topological polar surface area (TPSA) is 39.8 Å². The van der Waals surface area contributed by atoms with Crippen LogP contribution in [-0.4, -0.2) is 20.1 Å². The molecule has 0 spiro atoms. The largest absolute Gasteiger partial charge is 0.352 e. The molecule has 23 heavy (non-hydrogen) atoms. The predicted octanol–water partition coefficient (Wildman–Crippen LogP) is 3.01. The fourth-order valence-corrected chi connectivity index (χ4v) is 3.84. The summed E-state index contributed by atoms with van der Waals surface area (Å²) in [6, 6.07) is 12.0. The highest BCUT2D eigenvalue weighted by Gasteiger charge is 2.30. The summed E-state index contributed by atoms with van der Waals surface area (Å²) in [5.41, 5.74) is 0.776. The summed E-state index contributed by atoms with van der Waals surface area (Å²) < 4.78 is 29.7. The van der Waals surface area contributed by atoms with Gasteiger partial charge in [0.25, 0.3) is 0 Å². The van der Waals surface area contributed by atoms with Gasteiger partial charge in [0.1, 0.15) is 11.6 Å². The van der Waals surface area contributed by atoms with Crippen molar-refractivity contribution >= 4 is 11.8 Å². The first kappa shape index (κ1) is 14.2. The van der Waals surface area contributed by atoms with Crippen LogP contribution in [-0.2, 0) is 0 Å².